The van der Waals surface area contributed by atoms with E-state index in [-0.39, 0.29) is 96.2 Å². The van der Waals surface area contributed by atoms with E-state index >= 15 is 0 Å². The fraction of sp³-hybridized carbons (Fsp3) is 0.509. The Morgan fingerprint density at radius 2 is 1.67 bits per heavy atom. The highest BCUT2D eigenvalue weighted by molar-refractivity contribution is 8.14. The van der Waals surface area contributed by atoms with Gasteiger partial charge >= 0.3 is 0 Å². The molecule has 2 aromatic heterocycles. The molecule has 1 unspecified atom stereocenters. The number of halogens is 2. The molecule has 2 aromatic carbocycles. The quantitative estimate of drug-likeness (QED) is 0.0641. The molecule has 414 valence electrons. The molecule has 4 aliphatic heterocycles. The first kappa shape index (κ1) is 56.9. The highest BCUT2D eigenvalue weighted by Gasteiger charge is 2.43. The van der Waals surface area contributed by atoms with Crippen LogP contribution in [0.4, 0.5) is 14.6 Å². The molecule has 8 rings (SSSR count). The molecule has 6 heterocycles. The summed E-state index contributed by atoms with van der Waals surface area (Å²) in [6.07, 6.45) is 8.80. The van der Waals surface area contributed by atoms with Crippen molar-refractivity contribution in [3.8, 4) is 23.2 Å². The van der Waals surface area contributed by atoms with Crippen LogP contribution in [-0.4, -0.2) is 146 Å². The third kappa shape index (κ3) is 13.7. The minimum atomic E-state index is -0.830. The topological polar surface area (TPSA) is 263 Å². The number of aliphatic imine (C=N–C) groups is 1. The average Bonchev–Trinajstić information content (AvgIpc) is 4.28. The van der Waals surface area contributed by atoms with Gasteiger partial charge in [0.05, 0.1) is 53.9 Å². The predicted molar refractivity (Wildman–Crippen MR) is 288 cm³/mol. The smallest absolute Gasteiger partial charge is 0.258 e. The highest BCUT2D eigenvalue weighted by Crippen LogP contribution is 2.35. The SMILES string of the molecule is CNCC(=O)N[C@H](C(=O)N1CCC[C@H]1C1=NC(C(=O)c2ccc(F)cc2)CS1)C1CCN(C(=O)CCCCCCCCC(=O)NCCn2nc3c(c2C#N)-c2cnc(N)c(n2)O[C@H](C)c2cc(F)ccc2C(=O)N(C)C3)CC1. The lowest BCUT2D eigenvalue weighted by Crippen LogP contribution is -2.57. The number of nitrogens with two attached hydrogens (primary N) is 1. The summed E-state index contributed by atoms with van der Waals surface area (Å²) in [6, 6.07) is 9.75. The number of unbranched alkanes of at least 4 members (excludes halogenated alkanes) is 5. The monoisotopic (exact) mass is 1090 g/mol. The van der Waals surface area contributed by atoms with Gasteiger partial charge in [-0.25, -0.2) is 18.7 Å². The first-order chi connectivity index (χ1) is 37.6. The van der Waals surface area contributed by atoms with Gasteiger partial charge in [0.2, 0.25) is 23.6 Å². The summed E-state index contributed by atoms with van der Waals surface area (Å²) in [5, 5.41) is 24.6. The largest absolute Gasteiger partial charge is 0.467 e. The van der Waals surface area contributed by atoms with Crippen molar-refractivity contribution in [2.24, 2.45) is 10.9 Å². The van der Waals surface area contributed by atoms with Crippen LogP contribution in [0.2, 0.25) is 0 Å². The molecule has 0 aliphatic carbocycles. The molecule has 0 spiro atoms. The minimum absolute atomic E-state index is 0.0215. The van der Waals surface area contributed by atoms with Crippen molar-refractivity contribution in [2.75, 3.05) is 58.3 Å². The third-order valence-corrected chi connectivity index (χ3v) is 15.9. The number of likely N-dealkylation sites (N-methyl/N-ethyl adjacent to an activating group) is 1. The number of anilines is 1. The maximum Gasteiger partial charge on any atom is 0.258 e. The average molecular weight is 1090 g/mol. The number of hydrogen-bond donors (Lipinski definition) is 4. The molecule has 2 bridgehead atoms. The van der Waals surface area contributed by atoms with Crippen LogP contribution in [0.5, 0.6) is 5.88 Å². The lowest BCUT2D eigenvalue weighted by Gasteiger charge is -2.38. The van der Waals surface area contributed by atoms with E-state index in [0.29, 0.717) is 86.3 Å². The van der Waals surface area contributed by atoms with Crippen LogP contribution < -0.4 is 26.4 Å². The number of Topliss-reactive ketones (excluding diaryl/α,β-unsaturated/α-hetero) is 1. The lowest BCUT2D eigenvalue weighted by molar-refractivity contribution is -0.139. The molecule has 20 nitrogen and oxygen atoms in total. The van der Waals surface area contributed by atoms with E-state index in [2.05, 4.69) is 37.1 Å². The van der Waals surface area contributed by atoms with Gasteiger partial charge in [0.1, 0.15) is 41.6 Å². The van der Waals surface area contributed by atoms with Crippen LogP contribution in [0.3, 0.4) is 0 Å². The Balaban J connectivity index is 0.752. The number of rotatable bonds is 20. The van der Waals surface area contributed by atoms with Crippen molar-refractivity contribution >= 4 is 57.9 Å². The number of nitrogens with one attached hydrogen (secondary N) is 3. The molecule has 2 saturated heterocycles. The van der Waals surface area contributed by atoms with E-state index in [1.807, 2.05) is 4.90 Å². The van der Waals surface area contributed by atoms with E-state index in [4.69, 9.17) is 15.5 Å². The van der Waals surface area contributed by atoms with Crippen molar-refractivity contribution in [3.05, 3.63) is 88.4 Å². The van der Waals surface area contributed by atoms with Crippen LogP contribution in [0.1, 0.15) is 128 Å². The molecule has 2 fully saturated rings. The number of thioether (sulfide) groups is 1. The normalized spacial score (nSPS) is 18.9. The molecule has 78 heavy (non-hydrogen) atoms. The molecular weight excluding hydrogens is 1020 g/mol. The second kappa shape index (κ2) is 26.4. The number of benzene rings is 2. The van der Waals surface area contributed by atoms with E-state index in [9.17, 15) is 42.8 Å². The molecular formula is C55H67F2N13O7S. The Labute approximate surface area is 456 Å². The van der Waals surface area contributed by atoms with Gasteiger partial charge in [-0.05, 0) is 101 Å². The van der Waals surface area contributed by atoms with Crippen molar-refractivity contribution in [1.29, 1.82) is 5.26 Å². The molecule has 5 N–H and O–H groups in total. The van der Waals surface area contributed by atoms with E-state index in [0.717, 1.165) is 43.6 Å². The Kier molecular flexibility index (Phi) is 19.2. The van der Waals surface area contributed by atoms with E-state index in [1.54, 1.807) is 25.9 Å². The van der Waals surface area contributed by atoms with Crippen LogP contribution >= 0.6 is 11.8 Å². The zero-order valence-corrected chi connectivity index (χ0v) is 45.1. The number of nitrogen functional groups attached to an aromatic ring is 1. The van der Waals surface area contributed by atoms with Gasteiger partial charge in [-0.2, -0.15) is 10.4 Å². The number of nitrogens with zero attached hydrogens (tertiary/aromatic N) is 9. The number of aromatic nitrogens is 4. The Bertz CT molecular complexity index is 2940. The number of carbonyl (C=O) groups excluding carboxylic acids is 6. The molecule has 4 aromatic rings. The lowest BCUT2D eigenvalue weighted by atomic mass is 9.88. The van der Waals surface area contributed by atoms with Crippen LogP contribution in [0.15, 0.2) is 53.7 Å². The number of amides is 5. The summed E-state index contributed by atoms with van der Waals surface area (Å²) < 4.78 is 35.4. The second-order valence-electron chi connectivity index (χ2n) is 20.2. The number of fused-ring (bicyclic) bond motifs is 5. The van der Waals surface area contributed by atoms with E-state index in [1.165, 1.54) is 70.0 Å². The third-order valence-electron chi connectivity index (χ3n) is 14.8. The first-order valence-electron chi connectivity index (χ1n) is 26.8. The zero-order valence-electron chi connectivity index (χ0n) is 44.3. The van der Waals surface area contributed by atoms with Gasteiger partial charge in [-0.3, -0.25) is 38.4 Å². The summed E-state index contributed by atoms with van der Waals surface area (Å²) >= 11 is 1.46. The molecule has 23 heteroatoms. The van der Waals surface area contributed by atoms with Crippen molar-refractivity contribution in [2.45, 2.75) is 121 Å². The summed E-state index contributed by atoms with van der Waals surface area (Å²) in [7, 11) is 3.25. The second-order valence-corrected chi connectivity index (χ2v) is 21.3. The van der Waals surface area contributed by atoms with Crippen LogP contribution in [0, 0.1) is 28.9 Å². The molecule has 0 saturated carbocycles. The highest BCUT2D eigenvalue weighted by atomic mass is 32.2. The summed E-state index contributed by atoms with van der Waals surface area (Å²) in [5.74, 6) is -1.94. The maximum absolute atomic E-state index is 14.4. The molecule has 4 aliphatic rings. The number of ketones is 1. The van der Waals surface area contributed by atoms with Gasteiger partial charge in [0, 0.05) is 68.5 Å². The Morgan fingerprint density at radius 1 is 0.949 bits per heavy atom. The predicted octanol–water partition coefficient (Wildman–Crippen LogP) is 5.37. The summed E-state index contributed by atoms with van der Waals surface area (Å²) in [5.41, 5.74) is 8.11. The number of nitriles is 1. The van der Waals surface area contributed by atoms with Crippen LogP contribution in [-0.2, 0) is 32.3 Å². The number of likely N-dealkylation sites (tertiary alicyclic amines) is 2. The van der Waals surface area contributed by atoms with Crippen molar-refractivity contribution in [1.82, 2.24) is 50.4 Å². The standard InChI is InChI=1S/C55H67F2N13O7S/c1-33-39-27-37(57)18-19-38(39)54(75)67(3)31-41-48(40-29-62-51(59)52(63-40)77-33)44(28-58)70(66-41)26-22-61-45(71)12-8-6-4-5-7-9-13-47(73)68-24-20-34(21-25-68)49(65-46(72)30-60-2)55(76)69-23-10-11-43(69)53-64-42(32-78-53)50(74)35-14-16-36(56)17-15-35/h14-19,27,29,33-34,42-43,49,60H,4-13,20-26,30-32H2,1-3H3,(H2,59,62)(H,61,71)(H,65,72)/t33-,42?,43+,49+/m1/s1. The maximum atomic E-state index is 14.4. The fourth-order valence-corrected chi connectivity index (χ4v) is 11.8. The van der Waals surface area contributed by atoms with Gasteiger partial charge in [-0.15, -0.1) is 11.8 Å². The molecule has 5 amide bonds. The molecule has 0 radical (unpaired) electrons. The van der Waals surface area contributed by atoms with Gasteiger partial charge in [0.25, 0.3) is 11.8 Å². The number of ether oxygens (including phenoxy) is 1. The van der Waals surface area contributed by atoms with E-state index < -0.39 is 35.7 Å². The van der Waals surface area contributed by atoms with Crippen LogP contribution in [0.25, 0.3) is 11.3 Å². The fourth-order valence-electron chi connectivity index (χ4n) is 10.6. The number of piperidine rings is 1. The van der Waals surface area contributed by atoms with Crippen molar-refractivity contribution in [3.63, 3.8) is 0 Å². The zero-order chi connectivity index (χ0) is 55.5. The van der Waals surface area contributed by atoms with Gasteiger partial charge < -0.3 is 41.1 Å². The Hall–Kier alpha value is -7.32. The van der Waals surface area contributed by atoms with Crippen molar-refractivity contribution < 1.29 is 42.3 Å². The first-order valence-corrected chi connectivity index (χ1v) is 27.8. The summed E-state index contributed by atoms with van der Waals surface area (Å²) in [6.45, 7) is 3.48. The summed E-state index contributed by atoms with van der Waals surface area (Å²) in [4.78, 5) is 99.1. The molecule has 4 atom stereocenters. The number of carbonyl (C=O) groups is 6. The minimum Gasteiger partial charge on any atom is -0.467 e. The number of hydrogen-bond acceptors (Lipinski definition) is 15. The van der Waals surface area contributed by atoms with Gasteiger partial charge in [-0.1, -0.05) is 25.7 Å². The van der Waals surface area contributed by atoms with Gasteiger partial charge in [0.15, 0.2) is 11.6 Å². The Morgan fingerprint density at radius 3 is 2.40 bits per heavy atom.